The second kappa shape index (κ2) is 6.27. The number of aryl methyl sites for hydroxylation is 4. The van der Waals surface area contributed by atoms with E-state index >= 15 is 0 Å². The Morgan fingerprint density at radius 2 is 1.92 bits per heavy atom. The molecule has 0 fully saturated rings. The average Bonchev–Trinajstić information content (AvgIpc) is 2.95. The summed E-state index contributed by atoms with van der Waals surface area (Å²) in [6.07, 6.45) is 0. The number of benzene rings is 1. The van der Waals surface area contributed by atoms with Gasteiger partial charge in [0.05, 0.1) is 23.7 Å². The summed E-state index contributed by atoms with van der Waals surface area (Å²) in [5, 5.41) is 5.28. The molecule has 0 saturated heterocycles. The largest absolute Gasteiger partial charge is 0.223 e. The second-order valence-electron chi connectivity index (χ2n) is 5.96. The van der Waals surface area contributed by atoms with Crippen LogP contribution in [0.5, 0.6) is 0 Å². The van der Waals surface area contributed by atoms with Crippen LogP contribution in [0.4, 0.5) is 0 Å². The van der Waals surface area contributed by atoms with Gasteiger partial charge in [0.15, 0.2) is 0 Å². The Morgan fingerprint density at radius 3 is 2.62 bits per heavy atom. The third-order valence-corrected chi connectivity index (χ3v) is 6.11. The summed E-state index contributed by atoms with van der Waals surface area (Å²) in [5.41, 5.74) is 4.60. The first kappa shape index (κ1) is 17.1. The summed E-state index contributed by atoms with van der Waals surface area (Å²) in [4.78, 5) is 5.21. The van der Waals surface area contributed by atoms with Gasteiger partial charge in [-0.1, -0.05) is 29.5 Å². The summed E-state index contributed by atoms with van der Waals surface area (Å²) < 4.78 is 29.1. The SMILES string of the molecule is Cc1nn2c(CNS(=O)(=O)Cc3ccc(C)c(C)c3)c(C)nc2s1. The number of hydrogen-bond donors (Lipinski definition) is 1. The van der Waals surface area contributed by atoms with E-state index in [1.54, 1.807) is 4.52 Å². The van der Waals surface area contributed by atoms with Gasteiger partial charge in [-0.25, -0.2) is 22.6 Å². The average molecular weight is 364 g/mol. The minimum absolute atomic E-state index is 0.0365. The molecular formula is C16H20N4O2S2. The topological polar surface area (TPSA) is 76.4 Å². The normalized spacial score (nSPS) is 12.2. The highest BCUT2D eigenvalue weighted by Gasteiger charge is 2.17. The Hall–Kier alpha value is -1.77. The van der Waals surface area contributed by atoms with Crippen molar-refractivity contribution in [3.8, 4) is 0 Å². The number of nitrogens with one attached hydrogen (secondary N) is 1. The van der Waals surface area contributed by atoms with Crippen molar-refractivity contribution in [2.24, 2.45) is 0 Å². The van der Waals surface area contributed by atoms with Gasteiger partial charge in [-0.05, 0) is 44.4 Å². The molecule has 3 rings (SSSR count). The van der Waals surface area contributed by atoms with Crippen molar-refractivity contribution in [2.45, 2.75) is 40.0 Å². The maximum absolute atomic E-state index is 12.4. The molecule has 0 radical (unpaired) electrons. The molecule has 0 amide bonds. The van der Waals surface area contributed by atoms with Crippen LogP contribution in [0.1, 0.15) is 33.1 Å². The van der Waals surface area contributed by atoms with Gasteiger partial charge in [-0.3, -0.25) is 0 Å². The smallest absolute Gasteiger partial charge is 0.216 e. The Bertz CT molecular complexity index is 1000. The highest BCUT2D eigenvalue weighted by molar-refractivity contribution is 7.88. The molecule has 0 aliphatic heterocycles. The number of nitrogens with zero attached hydrogens (tertiary/aromatic N) is 3. The Labute approximate surface area is 145 Å². The number of sulfonamides is 1. The molecule has 0 saturated carbocycles. The van der Waals surface area contributed by atoms with Crippen LogP contribution in [0.3, 0.4) is 0 Å². The van der Waals surface area contributed by atoms with Crippen LogP contribution in [0.15, 0.2) is 18.2 Å². The second-order valence-corrected chi connectivity index (χ2v) is 8.93. The summed E-state index contributed by atoms with van der Waals surface area (Å²) in [7, 11) is -3.43. The van der Waals surface area contributed by atoms with E-state index in [-0.39, 0.29) is 12.3 Å². The minimum atomic E-state index is -3.43. The molecule has 2 aromatic heterocycles. The van der Waals surface area contributed by atoms with E-state index in [2.05, 4.69) is 14.8 Å². The van der Waals surface area contributed by atoms with Crippen LogP contribution in [-0.2, 0) is 22.3 Å². The fourth-order valence-electron chi connectivity index (χ4n) is 2.53. The molecular weight excluding hydrogens is 344 g/mol. The minimum Gasteiger partial charge on any atom is -0.223 e. The van der Waals surface area contributed by atoms with Crippen LogP contribution < -0.4 is 4.72 Å². The van der Waals surface area contributed by atoms with E-state index in [9.17, 15) is 8.42 Å². The third kappa shape index (κ3) is 3.50. The van der Waals surface area contributed by atoms with Crippen molar-refractivity contribution in [1.29, 1.82) is 0 Å². The van der Waals surface area contributed by atoms with Gasteiger partial charge in [-0.15, -0.1) is 0 Å². The predicted octanol–water partition coefficient (Wildman–Crippen LogP) is 2.64. The van der Waals surface area contributed by atoms with Crippen LogP contribution in [0.25, 0.3) is 4.96 Å². The van der Waals surface area contributed by atoms with E-state index in [0.717, 1.165) is 38.0 Å². The lowest BCUT2D eigenvalue weighted by atomic mass is 10.1. The molecule has 0 spiro atoms. The van der Waals surface area contributed by atoms with Gasteiger partial charge >= 0.3 is 0 Å². The summed E-state index contributed by atoms with van der Waals surface area (Å²) in [6, 6.07) is 5.72. The van der Waals surface area contributed by atoms with Crippen LogP contribution in [0, 0.1) is 27.7 Å². The predicted molar refractivity (Wildman–Crippen MR) is 95.7 cm³/mol. The number of rotatable bonds is 5. The maximum atomic E-state index is 12.4. The van der Waals surface area contributed by atoms with Crippen molar-refractivity contribution in [3.63, 3.8) is 0 Å². The van der Waals surface area contributed by atoms with Crippen LogP contribution in [0.2, 0.25) is 0 Å². The first-order valence-corrected chi connectivity index (χ1v) is 10.1. The number of imidazole rings is 1. The van der Waals surface area contributed by atoms with Crippen molar-refractivity contribution in [2.75, 3.05) is 0 Å². The highest BCUT2D eigenvalue weighted by Crippen LogP contribution is 2.18. The molecule has 24 heavy (non-hydrogen) atoms. The lowest BCUT2D eigenvalue weighted by Crippen LogP contribution is -2.25. The van der Waals surface area contributed by atoms with Crippen LogP contribution >= 0.6 is 11.3 Å². The summed E-state index contributed by atoms with van der Waals surface area (Å²) >= 11 is 1.49. The van der Waals surface area contributed by atoms with E-state index in [4.69, 9.17) is 0 Å². The molecule has 128 valence electrons. The number of fused-ring (bicyclic) bond motifs is 1. The number of aromatic nitrogens is 3. The quantitative estimate of drug-likeness (QED) is 0.755. The Balaban J connectivity index is 1.76. The van der Waals surface area contributed by atoms with Gasteiger partial charge in [0.2, 0.25) is 15.0 Å². The zero-order chi connectivity index (χ0) is 17.5. The Kier molecular flexibility index (Phi) is 4.46. The first-order chi connectivity index (χ1) is 11.2. The van der Waals surface area contributed by atoms with Crippen LogP contribution in [-0.4, -0.2) is 23.0 Å². The molecule has 3 aromatic rings. The molecule has 8 heteroatoms. The molecule has 0 unspecified atom stereocenters. The summed E-state index contributed by atoms with van der Waals surface area (Å²) in [5.74, 6) is -0.0365. The third-order valence-electron chi connectivity index (χ3n) is 3.99. The maximum Gasteiger partial charge on any atom is 0.216 e. The van der Waals surface area contributed by atoms with Gasteiger partial charge < -0.3 is 0 Å². The summed E-state index contributed by atoms with van der Waals surface area (Å²) in [6.45, 7) is 7.95. The van der Waals surface area contributed by atoms with Gasteiger partial charge in [0, 0.05) is 0 Å². The highest BCUT2D eigenvalue weighted by atomic mass is 32.2. The molecule has 0 aliphatic carbocycles. The molecule has 0 aliphatic rings. The Morgan fingerprint density at radius 1 is 1.17 bits per heavy atom. The van der Waals surface area contributed by atoms with E-state index in [1.165, 1.54) is 11.3 Å². The van der Waals surface area contributed by atoms with Gasteiger partial charge in [0.1, 0.15) is 5.01 Å². The van der Waals surface area contributed by atoms with Gasteiger partial charge in [0.25, 0.3) is 0 Å². The van der Waals surface area contributed by atoms with Crippen molar-refractivity contribution >= 4 is 26.3 Å². The van der Waals surface area contributed by atoms with E-state index in [1.807, 2.05) is 45.9 Å². The molecule has 6 nitrogen and oxygen atoms in total. The molecule has 1 N–H and O–H groups in total. The van der Waals surface area contributed by atoms with E-state index < -0.39 is 10.0 Å². The monoisotopic (exact) mass is 364 g/mol. The molecule has 0 bridgehead atoms. The molecule has 2 heterocycles. The zero-order valence-corrected chi connectivity index (χ0v) is 15.8. The first-order valence-electron chi connectivity index (χ1n) is 7.60. The van der Waals surface area contributed by atoms with E-state index in [0.29, 0.717) is 0 Å². The van der Waals surface area contributed by atoms with Crippen molar-refractivity contribution in [3.05, 3.63) is 51.3 Å². The standard InChI is InChI=1S/C16H20N4O2S2/c1-10-5-6-14(7-11(10)2)9-24(21,22)17-8-15-12(3)18-16-20(15)19-13(4)23-16/h5-7,17H,8-9H2,1-4H3. The lowest BCUT2D eigenvalue weighted by Gasteiger charge is -2.08. The van der Waals surface area contributed by atoms with Crippen molar-refractivity contribution < 1.29 is 8.42 Å². The molecule has 1 aromatic carbocycles. The fraction of sp³-hybridized carbons (Fsp3) is 0.375. The molecule has 0 atom stereocenters. The van der Waals surface area contributed by atoms with Gasteiger partial charge in [-0.2, -0.15) is 5.10 Å². The zero-order valence-electron chi connectivity index (χ0n) is 14.1. The number of hydrogen-bond acceptors (Lipinski definition) is 5. The van der Waals surface area contributed by atoms with Crippen molar-refractivity contribution in [1.82, 2.24) is 19.3 Å². The lowest BCUT2D eigenvalue weighted by molar-refractivity contribution is 0.578. The fourth-order valence-corrected chi connectivity index (χ4v) is 4.42.